The van der Waals surface area contributed by atoms with Crippen LogP contribution in [0.3, 0.4) is 0 Å². The van der Waals surface area contributed by atoms with Gasteiger partial charge in [0.25, 0.3) is 0 Å². The normalized spacial score (nSPS) is 17.5. The van der Waals surface area contributed by atoms with Crippen LogP contribution >= 0.6 is 11.8 Å². The Hall–Kier alpha value is -3.07. The smallest absolute Gasteiger partial charge is 0.233 e. The summed E-state index contributed by atoms with van der Waals surface area (Å²) in [5.41, 5.74) is 3.23. The van der Waals surface area contributed by atoms with Gasteiger partial charge in [0.1, 0.15) is 13.2 Å². The lowest BCUT2D eigenvalue weighted by Gasteiger charge is -2.26. The maximum Gasteiger partial charge on any atom is 0.233 e. The van der Waals surface area contributed by atoms with E-state index >= 15 is 0 Å². The minimum absolute atomic E-state index is 0.0495. The van der Waals surface area contributed by atoms with Crippen molar-refractivity contribution in [2.24, 2.45) is 0 Å². The first-order valence-corrected chi connectivity index (χ1v) is 12.3. The van der Waals surface area contributed by atoms with E-state index in [4.69, 9.17) is 9.47 Å². The van der Waals surface area contributed by atoms with E-state index in [1.807, 2.05) is 35.2 Å². The fourth-order valence-corrected chi connectivity index (χ4v) is 5.10. The Morgan fingerprint density at radius 1 is 1.12 bits per heavy atom. The molecule has 2 aromatic carbocycles. The third-order valence-corrected chi connectivity index (χ3v) is 7.00. The van der Waals surface area contributed by atoms with Crippen LogP contribution in [0, 0.1) is 0 Å². The monoisotopic (exact) mass is 465 g/mol. The molecule has 5 rings (SSSR count). The summed E-state index contributed by atoms with van der Waals surface area (Å²) in [7, 11) is 0. The summed E-state index contributed by atoms with van der Waals surface area (Å²) in [4.78, 5) is 15.1. The number of aromatic nitrogens is 4. The van der Waals surface area contributed by atoms with Gasteiger partial charge in [0.05, 0.1) is 17.5 Å². The molecule has 1 atom stereocenters. The molecular formula is C24H27N5O3S. The zero-order valence-corrected chi connectivity index (χ0v) is 19.6. The number of ether oxygens (including phenoxy) is 2. The number of amides is 1. The van der Waals surface area contributed by atoms with Crippen LogP contribution in [-0.2, 0) is 4.79 Å². The molecule has 3 heterocycles. The van der Waals surface area contributed by atoms with Crippen molar-refractivity contribution in [3.63, 3.8) is 0 Å². The highest BCUT2D eigenvalue weighted by molar-refractivity contribution is 7.99. The number of benzene rings is 2. The summed E-state index contributed by atoms with van der Waals surface area (Å²) in [5.74, 6) is 2.36. The van der Waals surface area contributed by atoms with Crippen molar-refractivity contribution in [3.05, 3.63) is 53.6 Å². The van der Waals surface area contributed by atoms with Gasteiger partial charge >= 0.3 is 0 Å². The zero-order valence-electron chi connectivity index (χ0n) is 18.8. The molecule has 1 fully saturated rings. The third-order valence-electron chi connectivity index (χ3n) is 6.09. The molecule has 0 aliphatic carbocycles. The summed E-state index contributed by atoms with van der Waals surface area (Å²) < 4.78 is 13.0. The molecule has 2 aliphatic heterocycles. The number of carbonyl (C=O) groups is 1. The van der Waals surface area contributed by atoms with Gasteiger partial charge in [-0.15, -0.1) is 5.10 Å². The van der Waals surface area contributed by atoms with Gasteiger partial charge in [0.15, 0.2) is 11.5 Å². The van der Waals surface area contributed by atoms with Crippen molar-refractivity contribution < 1.29 is 14.3 Å². The second-order valence-electron chi connectivity index (χ2n) is 8.56. The number of hydrogen-bond acceptors (Lipinski definition) is 7. The summed E-state index contributed by atoms with van der Waals surface area (Å²) in [6.07, 6.45) is 1.92. The Kier molecular flexibility index (Phi) is 6.22. The lowest BCUT2D eigenvalue weighted by atomic mass is 10.0. The fourth-order valence-electron chi connectivity index (χ4n) is 4.32. The summed E-state index contributed by atoms with van der Waals surface area (Å²) >= 11 is 1.37. The number of hydrogen-bond donors (Lipinski definition) is 0. The van der Waals surface area contributed by atoms with Crippen molar-refractivity contribution in [1.82, 2.24) is 25.1 Å². The fraction of sp³-hybridized carbons (Fsp3) is 0.417. The van der Waals surface area contributed by atoms with E-state index in [-0.39, 0.29) is 17.7 Å². The topological polar surface area (TPSA) is 82.4 Å². The Morgan fingerprint density at radius 2 is 1.91 bits per heavy atom. The van der Waals surface area contributed by atoms with Crippen LogP contribution in [0.2, 0.25) is 0 Å². The quantitative estimate of drug-likeness (QED) is 0.509. The Bertz CT molecular complexity index is 1130. The van der Waals surface area contributed by atoms with Crippen LogP contribution in [0.1, 0.15) is 49.8 Å². The van der Waals surface area contributed by atoms with Crippen molar-refractivity contribution in [3.8, 4) is 17.2 Å². The molecule has 0 unspecified atom stereocenters. The molecule has 9 heteroatoms. The first kappa shape index (κ1) is 21.8. The van der Waals surface area contributed by atoms with Crippen LogP contribution in [0.15, 0.2) is 47.6 Å². The second kappa shape index (κ2) is 9.43. The van der Waals surface area contributed by atoms with E-state index in [9.17, 15) is 4.79 Å². The first-order chi connectivity index (χ1) is 16.1. The summed E-state index contributed by atoms with van der Waals surface area (Å²) in [6.45, 7) is 6.19. The van der Waals surface area contributed by atoms with Crippen LogP contribution in [0.25, 0.3) is 5.69 Å². The maximum absolute atomic E-state index is 13.2. The minimum Gasteiger partial charge on any atom is -0.486 e. The van der Waals surface area contributed by atoms with Crippen LogP contribution < -0.4 is 9.47 Å². The van der Waals surface area contributed by atoms with Crippen molar-refractivity contribution in [2.75, 3.05) is 25.5 Å². The molecule has 1 saturated heterocycles. The predicted octanol–water partition coefficient (Wildman–Crippen LogP) is 4.01. The van der Waals surface area contributed by atoms with E-state index in [0.29, 0.717) is 24.3 Å². The largest absolute Gasteiger partial charge is 0.486 e. The predicted molar refractivity (Wildman–Crippen MR) is 125 cm³/mol. The average Bonchev–Trinajstić information content (AvgIpc) is 3.52. The SMILES string of the molecule is CC(C)c1ccc(-n2nnnc2SCC(=O)N2CCC[C@H]2c2ccc3c(c2)OCCO3)cc1. The van der Waals surface area contributed by atoms with Gasteiger partial charge in [0, 0.05) is 6.54 Å². The molecule has 33 heavy (non-hydrogen) atoms. The summed E-state index contributed by atoms with van der Waals surface area (Å²) in [5, 5.41) is 12.7. The molecule has 0 spiro atoms. The molecule has 1 aromatic heterocycles. The van der Waals surface area contributed by atoms with Crippen molar-refractivity contribution in [1.29, 1.82) is 0 Å². The van der Waals surface area contributed by atoms with Crippen LogP contribution in [0.4, 0.5) is 0 Å². The number of nitrogens with zero attached hydrogens (tertiary/aromatic N) is 5. The lowest BCUT2D eigenvalue weighted by Crippen LogP contribution is -2.32. The van der Waals surface area contributed by atoms with Crippen LogP contribution in [-0.4, -0.2) is 56.5 Å². The standard InChI is InChI=1S/C24H27N5O3S/c1-16(2)17-5-8-19(9-6-17)29-24(25-26-27-29)33-15-23(30)28-11-3-4-20(28)18-7-10-21-22(14-18)32-13-12-31-21/h5-10,14,16,20H,3-4,11-13,15H2,1-2H3/t20-/m0/s1. The molecule has 172 valence electrons. The number of thioether (sulfide) groups is 1. The van der Waals surface area contributed by atoms with Crippen molar-refractivity contribution >= 4 is 17.7 Å². The molecular weight excluding hydrogens is 438 g/mol. The molecule has 3 aromatic rings. The van der Waals surface area contributed by atoms with E-state index in [2.05, 4.69) is 41.5 Å². The van der Waals surface area contributed by atoms with E-state index in [1.54, 1.807) is 4.68 Å². The second-order valence-corrected chi connectivity index (χ2v) is 9.50. The zero-order chi connectivity index (χ0) is 22.8. The highest BCUT2D eigenvalue weighted by Gasteiger charge is 2.31. The number of likely N-dealkylation sites (tertiary alicyclic amines) is 1. The molecule has 0 radical (unpaired) electrons. The number of fused-ring (bicyclic) bond motifs is 1. The van der Waals surface area contributed by atoms with Gasteiger partial charge < -0.3 is 14.4 Å². The Balaban J connectivity index is 1.26. The number of tetrazole rings is 1. The van der Waals surface area contributed by atoms with Crippen molar-refractivity contribution in [2.45, 2.75) is 43.8 Å². The first-order valence-electron chi connectivity index (χ1n) is 11.3. The van der Waals surface area contributed by atoms with Gasteiger partial charge in [0.2, 0.25) is 11.1 Å². The van der Waals surface area contributed by atoms with Gasteiger partial charge in [-0.05, 0) is 64.6 Å². The van der Waals surface area contributed by atoms with Gasteiger partial charge in [-0.25, -0.2) is 0 Å². The lowest BCUT2D eigenvalue weighted by molar-refractivity contribution is -0.129. The molecule has 2 aliphatic rings. The highest BCUT2D eigenvalue weighted by Crippen LogP contribution is 2.38. The van der Waals surface area contributed by atoms with E-state index in [1.165, 1.54) is 17.3 Å². The van der Waals surface area contributed by atoms with Gasteiger partial charge in [-0.2, -0.15) is 4.68 Å². The molecule has 0 bridgehead atoms. The van der Waals surface area contributed by atoms with E-state index < -0.39 is 0 Å². The Labute approximate surface area is 197 Å². The third kappa shape index (κ3) is 4.55. The van der Waals surface area contributed by atoms with E-state index in [0.717, 1.165) is 42.1 Å². The van der Waals surface area contributed by atoms with Crippen LogP contribution in [0.5, 0.6) is 11.5 Å². The van der Waals surface area contributed by atoms with Gasteiger partial charge in [-0.1, -0.05) is 43.8 Å². The Morgan fingerprint density at radius 3 is 2.70 bits per heavy atom. The number of rotatable bonds is 6. The molecule has 8 nitrogen and oxygen atoms in total. The minimum atomic E-state index is 0.0495. The summed E-state index contributed by atoms with van der Waals surface area (Å²) in [6, 6.07) is 14.2. The molecule has 1 amide bonds. The molecule has 0 N–H and O–H groups in total. The maximum atomic E-state index is 13.2. The molecule has 0 saturated carbocycles. The number of carbonyl (C=O) groups excluding carboxylic acids is 1. The average molecular weight is 466 g/mol. The highest BCUT2D eigenvalue weighted by atomic mass is 32.2. The van der Waals surface area contributed by atoms with Gasteiger partial charge in [-0.3, -0.25) is 4.79 Å².